The van der Waals surface area contributed by atoms with Crippen LogP contribution in [0.15, 0.2) is 36.5 Å². The second kappa shape index (κ2) is 8.26. The third kappa shape index (κ3) is 3.76. The lowest BCUT2D eigenvalue weighted by Crippen LogP contribution is -2.52. The Morgan fingerprint density at radius 2 is 1.68 bits per heavy atom. The lowest BCUT2D eigenvalue weighted by atomic mass is 10.0. The summed E-state index contributed by atoms with van der Waals surface area (Å²) in [5, 5.41) is 5.32. The summed E-state index contributed by atoms with van der Waals surface area (Å²) in [5.41, 5.74) is 1.94. The van der Waals surface area contributed by atoms with Crippen molar-refractivity contribution < 1.29 is 4.79 Å². The van der Waals surface area contributed by atoms with Crippen LogP contribution in [0, 0.1) is 6.92 Å². The maximum Gasteiger partial charge on any atom is 0.244 e. The van der Waals surface area contributed by atoms with E-state index < -0.39 is 0 Å². The van der Waals surface area contributed by atoms with E-state index in [-0.39, 0.29) is 11.9 Å². The number of amides is 1. The van der Waals surface area contributed by atoms with Gasteiger partial charge in [0, 0.05) is 33.2 Å². The van der Waals surface area contributed by atoms with E-state index in [2.05, 4.69) is 32.0 Å². The van der Waals surface area contributed by atoms with Crippen LogP contribution in [0.25, 0.3) is 11.0 Å². The molecular formula is C23H29N7O. The molecule has 1 aromatic carbocycles. The molecule has 162 valence electrons. The van der Waals surface area contributed by atoms with Gasteiger partial charge in [0.25, 0.3) is 0 Å². The normalized spacial score (nSPS) is 18.6. The van der Waals surface area contributed by atoms with E-state index in [1.54, 1.807) is 4.68 Å². The first-order chi connectivity index (χ1) is 15.1. The van der Waals surface area contributed by atoms with E-state index in [1.165, 1.54) is 12.8 Å². The number of aryl methyl sites for hydroxylation is 2. The number of hydrogen-bond acceptors (Lipinski definition) is 6. The van der Waals surface area contributed by atoms with E-state index in [1.807, 2.05) is 43.3 Å². The standard InChI is InChI=1S/C23H29N7O/c1-17-25-21-19(16-24-27(21)2)22(26-17)29-12-14-30(15-13-29)23(31)20(28-10-6-7-11-28)18-8-4-3-5-9-18/h3-5,8-9,16,20H,6-7,10-15H2,1-2H3. The van der Waals surface area contributed by atoms with Gasteiger partial charge in [-0.25, -0.2) is 9.97 Å². The molecule has 8 nitrogen and oxygen atoms in total. The summed E-state index contributed by atoms with van der Waals surface area (Å²) in [6.45, 7) is 6.80. The Labute approximate surface area is 182 Å². The van der Waals surface area contributed by atoms with Crippen molar-refractivity contribution >= 4 is 22.8 Å². The third-order valence-corrected chi connectivity index (χ3v) is 6.43. The highest BCUT2D eigenvalue weighted by atomic mass is 16.2. The van der Waals surface area contributed by atoms with Crippen LogP contribution < -0.4 is 4.90 Å². The SMILES string of the molecule is Cc1nc(N2CCN(C(=O)C(c3ccccc3)N3CCCC3)CC2)c2cnn(C)c2n1. The van der Waals surface area contributed by atoms with Gasteiger partial charge in [0.05, 0.1) is 11.6 Å². The summed E-state index contributed by atoms with van der Waals surface area (Å²) < 4.78 is 1.79. The quantitative estimate of drug-likeness (QED) is 0.646. The molecule has 8 heteroatoms. The molecule has 0 saturated carbocycles. The summed E-state index contributed by atoms with van der Waals surface area (Å²) in [5.74, 6) is 1.88. The van der Waals surface area contributed by atoms with Crippen LogP contribution in [0.2, 0.25) is 0 Å². The predicted molar refractivity (Wildman–Crippen MR) is 120 cm³/mol. The lowest BCUT2D eigenvalue weighted by Gasteiger charge is -2.39. The number of nitrogens with zero attached hydrogens (tertiary/aromatic N) is 7. The molecule has 0 radical (unpaired) electrons. The smallest absolute Gasteiger partial charge is 0.244 e. The molecule has 2 aliphatic rings. The molecule has 0 bridgehead atoms. The summed E-state index contributed by atoms with van der Waals surface area (Å²) in [6, 6.07) is 10.1. The molecule has 4 heterocycles. The molecule has 5 rings (SSSR count). The van der Waals surface area contributed by atoms with E-state index in [0.29, 0.717) is 13.1 Å². The second-order valence-electron chi connectivity index (χ2n) is 8.47. The monoisotopic (exact) mass is 419 g/mol. The average Bonchev–Trinajstić information content (AvgIpc) is 3.45. The first-order valence-corrected chi connectivity index (χ1v) is 11.1. The molecule has 1 atom stereocenters. The zero-order valence-corrected chi connectivity index (χ0v) is 18.2. The Balaban J connectivity index is 1.34. The number of aromatic nitrogens is 4. The number of fused-ring (bicyclic) bond motifs is 1. The summed E-state index contributed by atoms with van der Waals surface area (Å²) in [6.07, 6.45) is 4.16. The summed E-state index contributed by atoms with van der Waals surface area (Å²) in [4.78, 5) is 29.5. The van der Waals surface area contributed by atoms with Crippen molar-refractivity contribution in [3.8, 4) is 0 Å². The fourth-order valence-electron chi connectivity index (χ4n) is 4.81. The van der Waals surface area contributed by atoms with Crippen LogP contribution >= 0.6 is 0 Å². The number of likely N-dealkylation sites (tertiary alicyclic amines) is 1. The Kier molecular flexibility index (Phi) is 5.31. The molecule has 3 aromatic rings. The average molecular weight is 420 g/mol. The van der Waals surface area contributed by atoms with Crippen LogP contribution in [0.3, 0.4) is 0 Å². The van der Waals surface area contributed by atoms with Crippen LogP contribution in [-0.2, 0) is 11.8 Å². The Bertz CT molecular complexity index is 1070. The zero-order chi connectivity index (χ0) is 21.4. The van der Waals surface area contributed by atoms with Crippen molar-refractivity contribution in [2.45, 2.75) is 25.8 Å². The van der Waals surface area contributed by atoms with Crippen LogP contribution in [-0.4, -0.2) is 74.7 Å². The van der Waals surface area contributed by atoms with Crippen molar-refractivity contribution in [1.82, 2.24) is 29.5 Å². The van der Waals surface area contributed by atoms with Crippen molar-refractivity contribution in [2.75, 3.05) is 44.2 Å². The van der Waals surface area contributed by atoms with E-state index in [0.717, 1.165) is 54.4 Å². The highest BCUT2D eigenvalue weighted by Crippen LogP contribution is 2.29. The minimum Gasteiger partial charge on any atom is -0.352 e. The number of hydrogen-bond donors (Lipinski definition) is 0. The molecule has 1 unspecified atom stereocenters. The van der Waals surface area contributed by atoms with E-state index in [4.69, 9.17) is 4.98 Å². The third-order valence-electron chi connectivity index (χ3n) is 6.43. The van der Waals surface area contributed by atoms with Gasteiger partial charge in [-0.2, -0.15) is 5.10 Å². The predicted octanol–water partition coefficient (Wildman–Crippen LogP) is 2.16. The van der Waals surface area contributed by atoms with Crippen molar-refractivity contribution in [3.63, 3.8) is 0 Å². The van der Waals surface area contributed by atoms with Gasteiger partial charge >= 0.3 is 0 Å². The molecule has 2 saturated heterocycles. The maximum absolute atomic E-state index is 13.6. The zero-order valence-electron chi connectivity index (χ0n) is 18.2. The van der Waals surface area contributed by atoms with Crippen molar-refractivity contribution in [1.29, 1.82) is 0 Å². The van der Waals surface area contributed by atoms with Gasteiger partial charge < -0.3 is 9.80 Å². The molecular weight excluding hydrogens is 390 g/mol. The summed E-state index contributed by atoms with van der Waals surface area (Å²) in [7, 11) is 1.90. The first-order valence-electron chi connectivity index (χ1n) is 11.1. The summed E-state index contributed by atoms with van der Waals surface area (Å²) >= 11 is 0. The number of anilines is 1. The van der Waals surface area contributed by atoms with Gasteiger partial charge in [0.2, 0.25) is 5.91 Å². The number of benzene rings is 1. The Hall–Kier alpha value is -3.00. The Morgan fingerprint density at radius 3 is 2.39 bits per heavy atom. The van der Waals surface area contributed by atoms with E-state index >= 15 is 0 Å². The van der Waals surface area contributed by atoms with Gasteiger partial charge in [0.1, 0.15) is 17.7 Å². The Morgan fingerprint density at radius 1 is 0.968 bits per heavy atom. The van der Waals surface area contributed by atoms with Crippen LogP contribution in [0.4, 0.5) is 5.82 Å². The number of carbonyl (C=O) groups is 1. The largest absolute Gasteiger partial charge is 0.352 e. The van der Waals surface area contributed by atoms with E-state index in [9.17, 15) is 4.79 Å². The van der Waals surface area contributed by atoms with Gasteiger partial charge in [0.15, 0.2) is 5.65 Å². The molecule has 2 aliphatic heterocycles. The molecule has 0 N–H and O–H groups in total. The van der Waals surface area contributed by atoms with Crippen molar-refractivity contribution in [3.05, 3.63) is 47.9 Å². The highest BCUT2D eigenvalue weighted by Gasteiger charge is 2.34. The highest BCUT2D eigenvalue weighted by molar-refractivity contribution is 5.87. The maximum atomic E-state index is 13.6. The second-order valence-corrected chi connectivity index (χ2v) is 8.47. The fraction of sp³-hybridized carbons (Fsp3) is 0.478. The topological polar surface area (TPSA) is 70.4 Å². The van der Waals surface area contributed by atoms with Gasteiger partial charge in [-0.1, -0.05) is 30.3 Å². The number of carbonyl (C=O) groups excluding carboxylic acids is 1. The molecule has 31 heavy (non-hydrogen) atoms. The van der Waals surface area contributed by atoms with Gasteiger partial charge in [-0.15, -0.1) is 0 Å². The molecule has 2 fully saturated rings. The fourth-order valence-corrected chi connectivity index (χ4v) is 4.81. The molecule has 0 spiro atoms. The number of rotatable bonds is 4. The van der Waals surface area contributed by atoms with Crippen LogP contribution in [0.1, 0.15) is 30.3 Å². The minimum absolute atomic E-state index is 0.179. The van der Waals surface area contributed by atoms with Gasteiger partial charge in [-0.3, -0.25) is 14.4 Å². The molecule has 1 amide bonds. The van der Waals surface area contributed by atoms with Gasteiger partial charge in [-0.05, 0) is 38.4 Å². The molecule has 0 aliphatic carbocycles. The number of piperazine rings is 1. The van der Waals surface area contributed by atoms with Crippen LogP contribution in [0.5, 0.6) is 0 Å². The first kappa shape index (κ1) is 19.9. The molecule has 2 aromatic heterocycles. The minimum atomic E-state index is -0.179. The lowest BCUT2D eigenvalue weighted by molar-refractivity contribution is -0.137. The van der Waals surface area contributed by atoms with Crippen molar-refractivity contribution in [2.24, 2.45) is 7.05 Å².